The monoisotopic (exact) mass is 249 g/mol. The minimum Gasteiger partial charge on any atom is -0.390 e. The van der Waals surface area contributed by atoms with Crippen LogP contribution < -0.4 is 11.1 Å². The highest BCUT2D eigenvalue weighted by atomic mass is 16.3. The van der Waals surface area contributed by atoms with Gasteiger partial charge in [0.15, 0.2) is 0 Å². The SMILES string of the molecule is Cc1ccc(CNC(=O)N2CC(N)C(O)C2)cc1. The molecule has 1 aliphatic rings. The normalized spacial score (nSPS) is 23.2. The Balaban J connectivity index is 1.83. The number of benzene rings is 1. The van der Waals surface area contributed by atoms with Crippen LogP contribution in [0.5, 0.6) is 0 Å². The van der Waals surface area contributed by atoms with Gasteiger partial charge in [-0.1, -0.05) is 29.8 Å². The van der Waals surface area contributed by atoms with E-state index >= 15 is 0 Å². The van der Waals surface area contributed by atoms with E-state index in [4.69, 9.17) is 5.73 Å². The van der Waals surface area contributed by atoms with Crippen LogP contribution in [0.3, 0.4) is 0 Å². The highest BCUT2D eigenvalue weighted by Gasteiger charge is 2.31. The topological polar surface area (TPSA) is 78.6 Å². The third-order valence-electron chi connectivity index (χ3n) is 3.18. The minimum absolute atomic E-state index is 0.178. The van der Waals surface area contributed by atoms with Crippen LogP contribution in [-0.4, -0.2) is 41.3 Å². The molecule has 2 unspecified atom stereocenters. The van der Waals surface area contributed by atoms with Crippen molar-refractivity contribution in [1.29, 1.82) is 0 Å². The van der Waals surface area contributed by atoms with E-state index in [0.717, 1.165) is 5.56 Å². The van der Waals surface area contributed by atoms with Gasteiger partial charge < -0.3 is 21.1 Å². The number of aliphatic hydroxyl groups is 1. The van der Waals surface area contributed by atoms with Crippen molar-refractivity contribution >= 4 is 6.03 Å². The Hall–Kier alpha value is -1.59. The molecule has 0 spiro atoms. The van der Waals surface area contributed by atoms with Crippen molar-refractivity contribution in [1.82, 2.24) is 10.2 Å². The number of hydrogen-bond acceptors (Lipinski definition) is 3. The molecule has 1 aromatic carbocycles. The number of nitrogens with two attached hydrogens (primary N) is 1. The third-order valence-corrected chi connectivity index (χ3v) is 3.18. The second-order valence-corrected chi connectivity index (χ2v) is 4.78. The summed E-state index contributed by atoms with van der Waals surface area (Å²) in [6.45, 7) is 3.22. The van der Waals surface area contributed by atoms with Crippen LogP contribution in [0, 0.1) is 6.92 Å². The summed E-state index contributed by atoms with van der Waals surface area (Å²) in [7, 11) is 0. The zero-order chi connectivity index (χ0) is 13.1. The maximum absolute atomic E-state index is 11.8. The quantitative estimate of drug-likeness (QED) is 0.701. The van der Waals surface area contributed by atoms with Gasteiger partial charge in [-0.05, 0) is 12.5 Å². The number of β-amino-alcohol motifs (C(OH)–C–C–N with tert-alkyl or cyclic N) is 1. The number of hydrogen-bond donors (Lipinski definition) is 3. The first-order valence-electron chi connectivity index (χ1n) is 6.08. The molecule has 0 bridgehead atoms. The molecule has 1 aliphatic heterocycles. The number of urea groups is 1. The molecule has 5 heteroatoms. The van der Waals surface area contributed by atoms with E-state index in [1.54, 1.807) is 4.90 Å². The van der Waals surface area contributed by atoms with Crippen molar-refractivity contribution in [2.45, 2.75) is 25.6 Å². The second kappa shape index (κ2) is 5.37. The van der Waals surface area contributed by atoms with Gasteiger partial charge in [-0.3, -0.25) is 0 Å². The average Bonchev–Trinajstić information content (AvgIpc) is 2.69. The molecule has 0 aliphatic carbocycles. The molecule has 1 fully saturated rings. The van der Waals surface area contributed by atoms with Crippen molar-refractivity contribution in [3.05, 3.63) is 35.4 Å². The summed E-state index contributed by atoms with van der Waals surface area (Å²) in [6.07, 6.45) is -0.616. The predicted octanol–water partition coefficient (Wildman–Crippen LogP) is 0.208. The summed E-state index contributed by atoms with van der Waals surface area (Å²) < 4.78 is 0. The zero-order valence-corrected chi connectivity index (χ0v) is 10.5. The maximum atomic E-state index is 11.8. The number of nitrogens with zero attached hydrogens (tertiary/aromatic N) is 1. The fourth-order valence-corrected chi connectivity index (χ4v) is 1.97. The van der Waals surface area contributed by atoms with Crippen LogP contribution >= 0.6 is 0 Å². The van der Waals surface area contributed by atoms with E-state index < -0.39 is 6.10 Å². The summed E-state index contributed by atoms with van der Waals surface area (Å²) in [5.41, 5.74) is 7.91. The lowest BCUT2D eigenvalue weighted by Gasteiger charge is -2.16. The summed E-state index contributed by atoms with van der Waals surface area (Å²) in [6, 6.07) is 7.48. The van der Waals surface area contributed by atoms with Crippen molar-refractivity contribution in [3.8, 4) is 0 Å². The number of likely N-dealkylation sites (tertiary alicyclic amines) is 1. The molecule has 1 aromatic rings. The Morgan fingerprint density at radius 3 is 2.67 bits per heavy atom. The Kier molecular flexibility index (Phi) is 3.84. The number of amides is 2. The lowest BCUT2D eigenvalue weighted by Crippen LogP contribution is -2.39. The first kappa shape index (κ1) is 12.9. The van der Waals surface area contributed by atoms with Gasteiger partial charge in [-0.25, -0.2) is 4.79 Å². The van der Waals surface area contributed by atoms with E-state index in [1.807, 2.05) is 31.2 Å². The maximum Gasteiger partial charge on any atom is 0.317 e. The molecule has 98 valence electrons. The molecule has 2 amide bonds. The fraction of sp³-hybridized carbons (Fsp3) is 0.462. The summed E-state index contributed by atoms with van der Waals surface area (Å²) in [4.78, 5) is 13.4. The Bertz CT molecular complexity index is 409. The lowest BCUT2D eigenvalue weighted by atomic mass is 10.1. The van der Waals surface area contributed by atoms with Crippen LogP contribution in [0.15, 0.2) is 24.3 Å². The van der Waals surface area contributed by atoms with Gasteiger partial charge in [0.25, 0.3) is 0 Å². The molecule has 4 N–H and O–H groups in total. The molecule has 2 rings (SSSR count). The first-order chi connectivity index (χ1) is 8.56. The fourth-order valence-electron chi connectivity index (χ4n) is 1.97. The lowest BCUT2D eigenvalue weighted by molar-refractivity contribution is 0.163. The van der Waals surface area contributed by atoms with Crippen molar-refractivity contribution in [2.75, 3.05) is 13.1 Å². The molecule has 1 heterocycles. The van der Waals surface area contributed by atoms with Gasteiger partial charge in [0.1, 0.15) is 0 Å². The first-order valence-corrected chi connectivity index (χ1v) is 6.08. The van der Waals surface area contributed by atoms with Gasteiger partial charge in [0, 0.05) is 25.7 Å². The van der Waals surface area contributed by atoms with Crippen LogP contribution in [0.25, 0.3) is 0 Å². The van der Waals surface area contributed by atoms with E-state index in [1.165, 1.54) is 5.56 Å². The van der Waals surface area contributed by atoms with Crippen LogP contribution in [0.2, 0.25) is 0 Å². The average molecular weight is 249 g/mol. The number of aryl methyl sites for hydroxylation is 1. The van der Waals surface area contributed by atoms with E-state index in [-0.39, 0.29) is 12.1 Å². The predicted molar refractivity (Wildman–Crippen MR) is 69.0 cm³/mol. The smallest absolute Gasteiger partial charge is 0.317 e. The highest BCUT2D eigenvalue weighted by Crippen LogP contribution is 2.08. The molecular formula is C13H19N3O2. The number of rotatable bonds is 2. The van der Waals surface area contributed by atoms with Gasteiger partial charge in [-0.2, -0.15) is 0 Å². The van der Waals surface area contributed by atoms with Crippen LogP contribution in [0.1, 0.15) is 11.1 Å². The molecule has 0 aromatic heterocycles. The Morgan fingerprint density at radius 1 is 1.44 bits per heavy atom. The molecule has 2 atom stereocenters. The van der Waals surface area contributed by atoms with E-state index in [0.29, 0.717) is 19.6 Å². The van der Waals surface area contributed by atoms with Gasteiger partial charge in [0.05, 0.1) is 6.10 Å². The summed E-state index contributed by atoms with van der Waals surface area (Å²) in [5.74, 6) is 0. The standard InChI is InChI=1S/C13H19N3O2/c1-9-2-4-10(5-3-9)6-15-13(18)16-7-11(14)12(17)8-16/h2-5,11-12,17H,6-8,14H2,1H3,(H,15,18). The number of aliphatic hydroxyl groups excluding tert-OH is 1. The summed E-state index contributed by atoms with van der Waals surface area (Å²) >= 11 is 0. The third kappa shape index (κ3) is 3.00. The largest absolute Gasteiger partial charge is 0.390 e. The van der Waals surface area contributed by atoms with E-state index in [9.17, 15) is 9.90 Å². The molecule has 5 nitrogen and oxygen atoms in total. The summed E-state index contributed by atoms with van der Waals surface area (Å²) in [5, 5.41) is 12.3. The minimum atomic E-state index is -0.616. The number of carbonyl (C=O) groups is 1. The molecular weight excluding hydrogens is 230 g/mol. The Morgan fingerprint density at radius 2 is 2.11 bits per heavy atom. The molecule has 0 saturated carbocycles. The molecule has 18 heavy (non-hydrogen) atoms. The van der Waals surface area contributed by atoms with Crippen molar-refractivity contribution < 1.29 is 9.90 Å². The van der Waals surface area contributed by atoms with Crippen LogP contribution in [-0.2, 0) is 6.54 Å². The van der Waals surface area contributed by atoms with E-state index in [2.05, 4.69) is 5.32 Å². The van der Waals surface area contributed by atoms with Gasteiger partial charge >= 0.3 is 6.03 Å². The van der Waals surface area contributed by atoms with Gasteiger partial charge in [-0.15, -0.1) is 0 Å². The van der Waals surface area contributed by atoms with Crippen molar-refractivity contribution in [3.63, 3.8) is 0 Å². The number of carbonyl (C=O) groups excluding carboxylic acids is 1. The van der Waals surface area contributed by atoms with Crippen molar-refractivity contribution in [2.24, 2.45) is 5.73 Å². The number of nitrogens with one attached hydrogen (secondary N) is 1. The highest BCUT2D eigenvalue weighted by molar-refractivity contribution is 5.74. The Labute approximate surface area is 107 Å². The molecule has 0 radical (unpaired) electrons. The molecule has 1 saturated heterocycles. The second-order valence-electron chi connectivity index (χ2n) is 4.78. The van der Waals surface area contributed by atoms with Gasteiger partial charge in [0.2, 0.25) is 0 Å². The van der Waals surface area contributed by atoms with Crippen LogP contribution in [0.4, 0.5) is 4.79 Å². The zero-order valence-electron chi connectivity index (χ0n) is 10.5.